The molecular formula is C15H19F3N2O. The molecule has 1 fully saturated rings. The fraction of sp³-hybridized carbons (Fsp3) is 0.533. The molecule has 1 amide bonds. The number of benzene rings is 1. The van der Waals surface area contributed by atoms with Gasteiger partial charge in [-0.15, -0.1) is 0 Å². The molecule has 0 aromatic heterocycles. The van der Waals surface area contributed by atoms with E-state index < -0.39 is 11.7 Å². The highest BCUT2D eigenvalue weighted by molar-refractivity contribution is 5.73. The van der Waals surface area contributed by atoms with Gasteiger partial charge in [0.05, 0.1) is 5.56 Å². The first kappa shape index (κ1) is 15.7. The van der Waals surface area contributed by atoms with Gasteiger partial charge in [0.1, 0.15) is 0 Å². The normalized spacial score (nSPS) is 16.2. The summed E-state index contributed by atoms with van der Waals surface area (Å²) in [5, 5.41) is 0. The second-order valence-corrected chi connectivity index (χ2v) is 5.20. The Balaban J connectivity index is 2.26. The number of piperazine rings is 1. The van der Waals surface area contributed by atoms with Gasteiger partial charge < -0.3 is 9.80 Å². The summed E-state index contributed by atoms with van der Waals surface area (Å²) < 4.78 is 39.7. The first-order valence-corrected chi connectivity index (χ1v) is 7.03. The molecule has 1 aromatic rings. The minimum atomic E-state index is -4.36. The average molecular weight is 300 g/mol. The van der Waals surface area contributed by atoms with Gasteiger partial charge in [-0.25, -0.2) is 0 Å². The molecule has 0 spiro atoms. The molecule has 0 radical (unpaired) electrons. The van der Waals surface area contributed by atoms with E-state index >= 15 is 0 Å². The Kier molecular flexibility index (Phi) is 4.44. The SMILES string of the molecule is CCc1ccc(N2CCN(C(C)=O)CC2)c(C(F)(F)F)c1. The predicted molar refractivity (Wildman–Crippen MR) is 75.3 cm³/mol. The van der Waals surface area contributed by atoms with Crippen LogP contribution < -0.4 is 4.90 Å². The maximum absolute atomic E-state index is 13.2. The van der Waals surface area contributed by atoms with Crippen molar-refractivity contribution >= 4 is 11.6 Å². The Hall–Kier alpha value is -1.72. The predicted octanol–water partition coefficient (Wildman–Crippen LogP) is 2.94. The molecule has 1 heterocycles. The molecule has 116 valence electrons. The first-order chi connectivity index (χ1) is 9.82. The second-order valence-electron chi connectivity index (χ2n) is 5.20. The molecule has 2 rings (SSSR count). The Morgan fingerprint density at radius 2 is 1.81 bits per heavy atom. The molecule has 21 heavy (non-hydrogen) atoms. The summed E-state index contributed by atoms with van der Waals surface area (Å²) in [5.74, 6) is -0.0352. The van der Waals surface area contributed by atoms with Crippen LogP contribution in [0.5, 0.6) is 0 Å². The fourth-order valence-corrected chi connectivity index (χ4v) is 2.57. The lowest BCUT2D eigenvalue weighted by Gasteiger charge is -2.36. The number of nitrogens with zero attached hydrogens (tertiary/aromatic N) is 2. The molecule has 1 saturated heterocycles. The quantitative estimate of drug-likeness (QED) is 0.838. The molecular weight excluding hydrogens is 281 g/mol. The van der Waals surface area contributed by atoms with E-state index in [-0.39, 0.29) is 11.6 Å². The zero-order chi connectivity index (χ0) is 15.6. The molecule has 3 nitrogen and oxygen atoms in total. The Labute approximate surface area is 122 Å². The van der Waals surface area contributed by atoms with E-state index in [9.17, 15) is 18.0 Å². The fourth-order valence-electron chi connectivity index (χ4n) is 2.57. The van der Waals surface area contributed by atoms with Crippen molar-refractivity contribution in [2.75, 3.05) is 31.1 Å². The molecule has 0 aliphatic carbocycles. The van der Waals surface area contributed by atoms with Gasteiger partial charge in [0.25, 0.3) is 0 Å². The molecule has 1 aliphatic rings. The van der Waals surface area contributed by atoms with Crippen LogP contribution in [0.1, 0.15) is 25.0 Å². The van der Waals surface area contributed by atoms with Crippen molar-refractivity contribution in [3.05, 3.63) is 29.3 Å². The second kappa shape index (κ2) is 5.95. The van der Waals surface area contributed by atoms with Crippen LogP contribution in [-0.2, 0) is 17.4 Å². The minimum absolute atomic E-state index is 0.0352. The van der Waals surface area contributed by atoms with Crippen LogP contribution >= 0.6 is 0 Å². The molecule has 6 heteroatoms. The van der Waals surface area contributed by atoms with Crippen molar-refractivity contribution in [1.29, 1.82) is 0 Å². The van der Waals surface area contributed by atoms with Crippen molar-refractivity contribution < 1.29 is 18.0 Å². The largest absolute Gasteiger partial charge is 0.418 e. The zero-order valence-electron chi connectivity index (χ0n) is 12.2. The van der Waals surface area contributed by atoms with Gasteiger partial charge in [-0.1, -0.05) is 13.0 Å². The van der Waals surface area contributed by atoms with Crippen LogP contribution in [0, 0.1) is 0 Å². The summed E-state index contributed by atoms with van der Waals surface area (Å²) in [7, 11) is 0. The number of amides is 1. The number of hydrogen-bond acceptors (Lipinski definition) is 2. The van der Waals surface area contributed by atoms with E-state index in [2.05, 4.69) is 0 Å². The summed E-state index contributed by atoms with van der Waals surface area (Å²) in [6.45, 7) is 5.08. The van der Waals surface area contributed by atoms with E-state index in [1.807, 2.05) is 6.92 Å². The van der Waals surface area contributed by atoms with Crippen LogP contribution in [0.4, 0.5) is 18.9 Å². The van der Waals surface area contributed by atoms with Gasteiger partial charge in [0.2, 0.25) is 5.91 Å². The number of aryl methyl sites for hydroxylation is 1. The van der Waals surface area contributed by atoms with Crippen LogP contribution in [0.3, 0.4) is 0 Å². The zero-order valence-corrected chi connectivity index (χ0v) is 12.2. The maximum atomic E-state index is 13.2. The van der Waals surface area contributed by atoms with Gasteiger partial charge in [-0.3, -0.25) is 4.79 Å². The lowest BCUT2D eigenvalue weighted by molar-refractivity contribution is -0.137. The highest BCUT2D eigenvalue weighted by atomic mass is 19.4. The number of hydrogen-bond donors (Lipinski definition) is 0. The molecule has 0 unspecified atom stereocenters. The Morgan fingerprint density at radius 3 is 2.29 bits per heavy atom. The summed E-state index contributed by atoms with van der Waals surface area (Å²) in [6, 6.07) is 4.51. The highest BCUT2D eigenvalue weighted by Crippen LogP contribution is 2.37. The number of rotatable bonds is 2. The van der Waals surface area contributed by atoms with Gasteiger partial charge in [-0.2, -0.15) is 13.2 Å². The maximum Gasteiger partial charge on any atom is 0.418 e. The van der Waals surface area contributed by atoms with Crippen molar-refractivity contribution in [2.24, 2.45) is 0 Å². The van der Waals surface area contributed by atoms with Gasteiger partial charge in [-0.05, 0) is 24.1 Å². The van der Waals surface area contributed by atoms with Crippen molar-refractivity contribution in [3.8, 4) is 0 Å². The first-order valence-electron chi connectivity index (χ1n) is 7.03. The third-order valence-electron chi connectivity index (χ3n) is 3.84. The number of alkyl halides is 3. The molecule has 0 N–H and O–H groups in total. The molecule has 0 saturated carbocycles. The third kappa shape index (κ3) is 3.49. The summed E-state index contributed by atoms with van der Waals surface area (Å²) >= 11 is 0. The third-order valence-corrected chi connectivity index (χ3v) is 3.84. The van der Waals surface area contributed by atoms with E-state index in [0.717, 1.165) is 0 Å². The molecule has 0 atom stereocenters. The smallest absolute Gasteiger partial charge is 0.367 e. The standard InChI is InChI=1S/C15H19F3N2O/c1-3-12-4-5-14(13(10-12)15(16,17)18)20-8-6-19(7-9-20)11(2)21/h4-5,10H,3,6-9H2,1-2H3. The number of carbonyl (C=O) groups is 1. The van der Waals surface area contributed by atoms with E-state index in [4.69, 9.17) is 0 Å². The van der Waals surface area contributed by atoms with Gasteiger partial charge in [0.15, 0.2) is 0 Å². The van der Waals surface area contributed by atoms with Crippen molar-refractivity contribution in [1.82, 2.24) is 4.90 Å². The number of anilines is 1. The van der Waals surface area contributed by atoms with E-state index in [1.165, 1.54) is 13.0 Å². The van der Waals surface area contributed by atoms with Crippen LogP contribution in [0.2, 0.25) is 0 Å². The van der Waals surface area contributed by atoms with Crippen molar-refractivity contribution in [2.45, 2.75) is 26.4 Å². The van der Waals surface area contributed by atoms with Gasteiger partial charge >= 0.3 is 6.18 Å². The topological polar surface area (TPSA) is 23.6 Å². The summed E-state index contributed by atoms with van der Waals surface area (Å²) in [6.07, 6.45) is -3.79. The monoisotopic (exact) mass is 300 g/mol. The van der Waals surface area contributed by atoms with E-state index in [0.29, 0.717) is 38.2 Å². The average Bonchev–Trinajstić information content (AvgIpc) is 2.46. The van der Waals surface area contributed by atoms with Crippen LogP contribution in [-0.4, -0.2) is 37.0 Å². The number of halogens is 3. The van der Waals surface area contributed by atoms with Crippen LogP contribution in [0.25, 0.3) is 0 Å². The van der Waals surface area contributed by atoms with Gasteiger partial charge in [0, 0.05) is 38.8 Å². The Morgan fingerprint density at radius 1 is 1.19 bits per heavy atom. The minimum Gasteiger partial charge on any atom is -0.367 e. The lowest BCUT2D eigenvalue weighted by atomic mass is 10.0. The molecule has 1 aromatic carbocycles. The highest BCUT2D eigenvalue weighted by Gasteiger charge is 2.35. The molecule has 1 aliphatic heterocycles. The Bertz CT molecular complexity index is 520. The van der Waals surface area contributed by atoms with Crippen LogP contribution in [0.15, 0.2) is 18.2 Å². The van der Waals surface area contributed by atoms with E-state index in [1.54, 1.807) is 21.9 Å². The lowest BCUT2D eigenvalue weighted by Crippen LogP contribution is -2.48. The molecule has 0 bridgehead atoms. The van der Waals surface area contributed by atoms with Crippen molar-refractivity contribution in [3.63, 3.8) is 0 Å². The summed E-state index contributed by atoms with van der Waals surface area (Å²) in [5.41, 5.74) is 0.300. The number of carbonyl (C=O) groups excluding carboxylic acids is 1. The summed E-state index contributed by atoms with van der Waals surface area (Å²) in [4.78, 5) is 14.6.